The number of alkyl halides is 2. The zero-order valence-electron chi connectivity index (χ0n) is 6.52. The van der Waals surface area contributed by atoms with Gasteiger partial charge in [0, 0.05) is 4.83 Å². The van der Waals surface area contributed by atoms with E-state index in [0.717, 1.165) is 0 Å². The van der Waals surface area contributed by atoms with E-state index >= 15 is 0 Å². The van der Waals surface area contributed by atoms with E-state index in [0.29, 0.717) is 0 Å². The molecule has 12 heavy (non-hydrogen) atoms. The predicted molar refractivity (Wildman–Crippen MR) is 57.1 cm³/mol. The quantitative estimate of drug-likeness (QED) is 0.452. The minimum atomic E-state index is -0.575. The summed E-state index contributed by atoms with van der Waals surface area (Å²) in [6.45, 7) is 5.46. The smallest absolute Gasteiger partial charge is 0.349 e. The topological polar surface area (TPSA) is 26.3 Å². The Bertz CT molecular complexity index is 182. The van der Waals surface area contributed by atoms with Crippen LogP contribution in [0.3, 0.4) is 0 Å². The molecule has 0 spiro atoms. The summed E-state index contributed by atoms with van der Waals surface area (Å²) >= 11 is 12.0. The second kappa shape index (κ2) is 6.00. The second-order valence-corrected chi connectivity index (χ2v) is 5.27. The second-order valence-electron chi connectivity index (χ2n) is 2.20. The Balaban J connectivity index is 3.69. The first kappa shape index (κ1) is 12.5. The van der Waals surface area contributed by atoms with Crippen molar-refractivity contribution in [1.29, 1.82) is 0 Å². The van der Waals surface area contributed by atoms with Crippen molar-refractivity contribution >= 4 is 49.4 Å². The predicted octanol–water partition coefficient (Wildman–Crippen LogP) is 2.83. The minimum Gasteiger partial charge on any atom is -0.460 e. The van der Waals surface area contributed by atoms with Crippen LogP contribution < -0.4 is 0 Å². The van der Waals surface area contributed by atoms with E-state index in [9.17, 15) is 4.79 Å². The Morgan fingerprint density at radius 3 is 2.50 bits per heavy atom. The first-order chi connectivity index (χ1) is 5.45. The number of hydrogen-bond donors (Lipinski definition) is 0. The van der Waals surface area contributed by atoms with Gasteiger partial charge in [-0.1, -0.05) is 57.0 Å². The van der Waals surface area contributed by atoms with Crippen molar-refractivity contribution in [2.24, 2.45) is 0 Å². The van der Waals surface area contributed by atoms with E-state index in [1.165, 1.54) is 0 Å². The lowest BCUT2D eigenvalue weighted by Crippen LogP contribution is -2.19. The summed E-state index contributed by atoms with van der Waals surface area (Å²) in [5.74, 6) is -0.575. The van der Waals surface area contributed by atoms with Gasteiger partial charge in [0.2, 0.25) is 0 Å². The maximum atomic E-state index is 10.8. The zero-order valence-corrected chi connectivity index (χ0v) is 10.4. The maximum absolute atomic E-state index is 10.8. The lowest BCUT2D eigenvalue weighted by atomic mass is 10.3. The fourth-order valence-electron chi connectivity index (χ4n) is 0.366. The number of hydrogen-bond acceptors (Lipinski definition) is 2. The molecule has 0 N–H and O–H groups in total. The van der Waals surface area contributed by atoms with Gasteiger partial charge >= 0.3 is 5.97 Å². The number of ether oxygens (including phenoxy) is 1. The van der Waals surface area contributed by atoms with Crippen LogP contribution in [0, 0.1) is 0 Å². The number of carbonyl (C=O) groups excluding carboxylic acids is 1. The van der Waals surface area contributed by atoms with Gasteiger partial charge in [-0.15, -0.1) is 0 Å². The SMILES string of the molecule is C=C(Cl)C(=O)OCC(Br)C(C)Br. The molecule has 0 aliphatic carbocycles. The molecule has 0 amide bonds. The van der Waals surface area contributed by atoms with Crippen molar-refractivity contribution in [3.63, 3.8) is 0 Å². The van der Waals surface area contributed by atoms with E-state index in [2.05, 4.69) is 38.4 Å². The zero-order chi connectivity index (χ0) is 9.72. The third-order valence-electron chi connectivity index (χ3n) is 1.09. The maximum Gasteiger partial charge on any atom is 0.349 e. The van der Waals surface area contributed by atoms with Crippen molar-refractivity contribution in [3.8, 4) is 0 Å². The Hall–Kier alpha value is 0.460. The molecule has 0 saturated heterocycles. The average Bonchev–Trinajstić information content (AvgIpc) is 1.98. The molecule has 2 nitrogen and oxygen atoms in total. The molecule has 0 aliphatic rings. The summed E-state index contributed by atoms with van der Waals surface area (Å²) < 4.78 is 4.78. The molecule has 0 aliphatic heterocycles. The van der Waals surface area contributed by atoms with Crippen molar-refractivity contribution in [3.05, 3.63) is 11.6 Å². The van der Waals surface area contributed by atoms with Crippen LogP contribution in [0.25, 0.3) is 0 Å². The Kier molecular flexibility index (Phi) is 6.23. The Morgan fingerprint density at radius 1 is 1.67 bits per heavy atom. The molecule has 2 unspecified atom stereocenters. The lowest BCUT2D eigenvalue weighted by molar-refractivity contribution is -0.138. The molecule has 70 valence electrons. The molecular formula is C7H9Br2ClO2. The summed E-state index contributed by atoms with van der Waals surface area (Å²) in [6.07, 6.45) is 0. The number of rotatable bonds is 4. The Labute approximate surface area is 93.6 Å². The van der Waals surface area contributed by atoms with Crippen LogP contribution in [0.5, 0.6) is 0 Å². The summed E-state index contributed by atoms with van der Waals surface area (Å²) in [7, 11) is 0. The molecule has 5 heteroatoms. The third kappa shape index (κ3) is 5.17. The van der Waals surface area contributed by atoms with Crippen molar-refractivity contribution < 1.29 is 9.53 Å². The summed E-state index contributed by atoms with van der Waals surface area (Å²) in [6, 6.07) is 0. The van der Waals surface area contributed by atoms with Crippen LogP contribution in [0.2, 0.25) is 0 Å². The van der Waals surface area contributed by atoms with Gasteiger partial charge < -0.3 is 4.74 Å². The molecule has 0 aromatic carbocycles. The molecule has 0 heterocycles. The molecular weight excluding hydrogens is 311 g/mol. The van der Waals surface area contributed by atoms with Crippen molar-refractivity contribution in [2.75, 3.05) is 6.61 Å². The first-order valence-electron chi connectivity index (χ1n) is 3.24. The van der Waals surface area contributed by atoms with E-state index in [1.807, 2.05) is 6.92 Å². The Morgan fingerprint density at radius 2 is 2.17 bits per heavy atom. The molecule has 0 bridgehead atoms. The van der Waals surface area contributed by atoms with Crippen molar-refractivity contribution in [2.45, 2.75) is 16.6 Å². The highest BCUT2D eigenvalue weighted by Crippen LogP contribution is 2.14. The summed E-state index contributed by atoms with van der Waals surface area (Å²) in [4.78, 5) is 11.1. The van der Waals surface area contributed by atoms with Gasteiger partial charge in [0.05, 0.1) is 4.83 Å². The summed E-state index contributed by atoms with van der Waals surface area (Å²) in [5, 5.41) is -0.100. The summed E-state index contributed by atoms with van der Waals surface area (Å²) in [5.41, 5.74) is 0. The molecule has 0 saturated carbocycles. The number of esters is 1. The van der Waals surface area contributed by atoms with E-state index in [1.54, 1.807) is 0 Å². The highest BCUT2D eigenvalue weighted by atomic mass is 79.9. The molecule has 0 aromatic heterocycles. The van der Waals surface area contributed by atoms with Gasteiger partial charge in [-0.25, -0.2) is 4.79 Å². The van der Waals surface area contributed by atoms with Crippen LogP contribution in [0.4, 0.5) is 0 Å². The van der Waals surface area contributed by atoms with Crippen LogP contribution >= 0.6 is 43.5 Å². The molecule has 0 radical (unpaired) electrons. The normalized spacial score (nSPS) is 15.0. The van der Waals surface area contributed by atoms with Gasteiger partial charge in [0.1, 0.15) is 11.6 Å². The van der Waals surface area contributed by atoms with Crippen LogP contribution in [0.15, 0.2) is 11.6 Å². The van der Waals surface area contributed by atoms with E-state index in [4.69, 9.17) is 16.3 Å². The van der Waals surface area contributed by atoms with Crippen molar-refractivity contribution in [1.82, 2.24) is 0 Å². The first-order valence-corrected chi connectivity index (χ1v) is 5.45. The number of halogens is 3. The highest BCUT2D eigenvalue weighted by Gasteiger charge is 2.13. The highest BCUT2D eigenvalue weighted by molar-refractivity contribution is 9.12. The molecule has 2 atom stereocenters. The average molecular weight is 320 g/mol. The molecule has 0 aromatic rings. The van der Waals surface area contributed by atoms with Crippen LogP contribution in [-0.2, 0) is 9.53 Å². The van der Waals surface area contributed by atoms with Crippen LogP contribution in [0.1, 0.15) is 6.92 Å². The fraction of sp³-hybridized carbons (Fsp3) is 0.571. The minimum absolute atomic E-state index is 0.0810. The van der Waals surface area contributed by atoms with Gasteiger partial charge in [-0.3, -0.25) is 0 Å². The molecule has 0 rings (SSSR count). The standard InChI is InChI=1S/C7H9Br2ClO2/c1-4(8)6(9)3-12-7(11)5(2)10/h4,6H,2-3H2,1H3. The monoisotopic (exact) mass is 318 g/mol. The van der Waals surface area contributed by atoms with E-state index in [-0.39, 0.29) is 21.3 Å². The number of carbonyl (C=O) groups is 1. The fourth-order valence-corrected chi connectivity index (χ4v) is 0.706. The van der Waals surface area contributed by atoms with Crippen LogP contribution in [-0.4, -0.2) is 22.2 Å². The lowest BCUT2D eigenvalue weighted by Gasteiger charge is -2.11. The largest absolute Gasteiger partial charge is 0.460 e. The van der Waals surface area contributed by atoms with Gasteiger partial charge in [-0.05, 0) is 0 Å². The van der Waals surface area contributed by atoms with E-state index < -0.39 is 5.97 Å². The van der Waals surface area contributed by atoms with Gasteiger partial charge in [0.15, 0.2) is 0 Å². The molecule has 0 fully saturated rings. The van der Waals surface area contributed by atoms with Gasteiger partial charge in [0.25, 0.3) is 0 Å². The van der Waals surface area contributed by atoms with Gasteiger partial charge in [-0.2, -0.15) is 0 Å². The third-order valence-corrected chi connectivity index (χ3v) is 3.65.